The molecule has 1 aliphatic heterocycles. The van der Waals surface area contributed by atoms with Crippen molar-refractivity contribution < 1.29 is 36.3 Å². The number of ketones is 1. The SMILES string of the molecule is O=C(CCl)CC1COCCN1C(=O)C(F)(F)C(F)(F)F. The minimum atomic E-state index is -5.98. The van der Waals surface area contributed by atoms with E-state index in [1.807, 2.05) is 0 Å². The van der Waals surface area contributed by atoms with Gasteiger partial charge in [0.1, 0.15) is 5.78 Å². The van der Waals surface area contributed by atoms with Gasteiger partial charge in [0.25, 0.3) is 0 Å². The lowest BCUT2D eigenvalue weighted by Gasteiger charge is -2.37. The fraction of sp³-hybridized carbons (Fsp3) is 0.800. The molecule has 1 saturated heterocycles. The van der Waals surface area contributed by atoms with E-state index in [1.54, 1.807) is 0 Å². The van der Waals surface area contributed by atoms with Crippen LogP contribution in [0.2, 0.25) is 0 Å². The maximum Gasteiger partial charge on any atom is 0.463 e. The number of ether oxygens (including phenoxy) is 1. The van der Waals surface area contributed by atoms with Crippen LogP contribution >= 0.6 is 11.6 Å². The largest absolute Gasteiger partial charge is 0.463 e. The molecule has 1 unspecified atom stereocenters. The average molecular weight is 324 g/mol. The molecule has 10 heteroatoms. The summed E-state index contributed by atoms with van der Waals surface area (Å²) in [6.07, 6.45) is -6.41. The molecule has 0 aliphatic carbocycles. The fourth-order valence-electron chi connectivity index (χ4n) is 1.71. The van der Waals surface area contributed by atoms with Gasteiger partial charge in [0.05, 0.1) is 25.1 Å². The number of carbonyl (C=O) groups is 2. The zero-order chi connectivity index (χ0) is 15.6. The quantitative estimate of drug-likeness (QED) is 0.583. The van der Waals surface area contributed by atoms with E-state index in [0.29, 0.717) is 4.90 Å². The highest BCUT2D eigenvalue weighted by Crippen LogP contribution is 2.37. The molecule has 0 saturated carbocycles. The minimum absolute atomic E-state index is 0.175. The minimum Gasteiger partial charge on any atom is -0.377 e. The molecule has 0 bridgehead atoms. The van der Waals surface area contributed by atoms with Gasteiger partial charge >= 0.3 is 18.0 Å². The highest BCUT2D eigenvalue weighted by Gasteiger charge is 2.65. The lowest BCUT2D eigenvalue weighted by Crippen LogP contribution is -2.58. The van der Waals surface area contributed by atoms with E-state index in [-0.39, 0.29) is 13.2 Å². The molecule has 116 valence electrons. The second-order valence-corrected chi connectivity index (χ2v) is 4.44. The first-order valence-electron chi connectivity index (χ1n) is 5.52. The summed E-state index contributed by atoms with van der Waals surface area (Å²) in [5.41, 5.74) is 0. The second kappa shape index (κ2) is 6.21. The van der Waals surface area contributed by atoms with E-state index in [9.17, 15) is 31.5 Å². The molecule has 1 fully saturated rings. The number of Topliss-reactive ketones (excluding diaryl/α,β-unsaturated/α-hetero) is 1. The molecule has 1 amide bonds. The maximum absolute atomic E-state index is 13.0. The van der Waals surface area contributed by atoms with E-state index >= 15 is 0 Å². The summed E-state index contributed by atoms with van der Waals surface area (Å²) in [7, 11) is 0. The summed E-state index contributed by atoms with van der Waals surface area (Å²) in [5.74, 6) is -8.86. The smallest absolute Gasteiger partial charge is 0.377 e. The Labute approximate surface area is 115 Å². The van der Waals surface area contributed by atoms with Crippen molar-refractivity contribution in [1.29, 1.82) is 0 Å². The molecule has 0 aromatic rings. The van der Waals surface area contributed by atoms with Gasteiger partial charge in [-0.15, -0.1) is 11.6 Å². The Balaban J connectivity index is 2.90. The number of nitrogens with zero attached hydrogens (tertiary/aromatic N) is 1. The molecule has 0 aromatic heterocycles. The first kappa shape index (κ1) is 17.1. The van der Waals surface area contributed by atoms with Gasteiger partial charge in [-0.3, -0.25) is 9.59 Å². The first-order chi connectivity index (χ1) is 9.11. The van der Waals surface area contributed by atoms with E-state index in [2.05, 4.69) is 0 Å². The van der Waals surface area contributed by atoms with Crippen LogP contribution in [0.5, 0.6) is 0 Å². The third kappa shape index (κ3) is 3.57. The molecule has 4 nitrogen and oxygen atoms in total. The summed E-state index contributed by atoms with van der Waals surface area (Å²) in [5, 5.41) is 0. The van der Waals surface area contributed by atoms with Gasteiger partial charge < -0.3 is 9.64 Å². The standard InChI is InChI=1S/C10H11ClF5NO3/c11-4-7(18)3-6-5-20-2-1-17(6)8(19)9(12,13)10(14,15)16/h6H,1-5H2. The number of hydrogen-bond donors (Lipinski definition) is 0. The van der Waals surface area contributed by atoms with Gasteiger partial charge in [0.2, 0.25) is 0 Å². The molecule has 0 N–H and O–H groups in total. The number of rotatable bonds is 4. The van der Waals surface area contributed by atoms with Crippen molar-refractivity contribution in [2.45, 2.75) is 24.6 Å². The lowest BCUT2D eigenvalue weighted by molar-refractivity contribution is -0.276. The van der Waals surface area contributed by atoms with Gasteiger partial charge in [-0.05, 0) is 0 Å². The van der Waals surface area contributed by atoms with Gasteiger partial charge in [-0.1, -0.05) is 0 Å². The van der Waals surface area contributed by atoms with Gasteiger partial charge in [0.15, 0.2) is 0 Å². The normalized spacial score (nSPS) is 20.9. The molecule has 1 atom stereocenters. The van der Waals surface area contributed by atoms with Crippen molar-refractivity contribution in [1.82, 2.24) is 4.90 Å². The van der Waals surface area contributed by atoms with Gasteiger partial charge in [-0.25, -0.2) is 0 Å². The first-order valence-corrected chi connectivity index (χ1v) is 6.05. The van der Waals surface area contributed by atoms with E-state index < -0.39 is 48.7 Å². The van der Waals surface area contributed by atoms with Crippen LogP contribution in [0.3, 0.4) is 0 Å². The van der Waals surface area contributed by atoms with Crippen molar-refractivity contribution in [3.8, 4) is 0 Å². The van der Waals surface area contributed by atoms with Gasteiger partial charge in [0, 0.05) is 13.0 Å². The Hall–Kier alpha value is -0.960. The van der Waals surface area contributed by atoms with Crippen LogP contribution in [0.4, 0.5) is 22.0 Å². The fourth-order valence-corrected chi connectivity index (χ4v) is 1.82. The zero-order valence-corrected chi connectivity index (χ0v) is 10.8. The van der Waals surface area contributed by atoms with E-state index in [1.165, 1.54) is 0 Å². The summed E-state index contributed by atoms with van der Waals surface area (Å²) >= 11 is 5.24. The third-order valence-electron chi connectivity index (χ3n) is 2.73. The van der Waals surface area contributed by atoms with Crippen LogP contribution in [-0.2, 0) is 14.3 Å². The Kier molecular flexibility index (Phi) is 5.31. The summed E-state index contributed by atoms with van der Waals surface area (Å²) in [6.45, 7) is -0.904. The van der Waals surface area contributed by atoms with Crippen LogP contribution in [0, 0.1) is 0 Å². The molecule has 20 heavy (non-hydrogen) atoms. The maximum atomic E-state index is 13.0. The topological polar surface area (TPSA) is 46.6 Å². The molecule has 1 aliphatic rings. The molecule has 0 aromatic carbocycles. The number of alkyl halides is 6. The van der Waals surface area contributed by atoms with Crippen LogP contribution in [0.15, 0.2) is 0 Å². The number of morpholine rings is 1. The molecule has 1 rings (SSSR count). The summed E-state index contributed by atoms with van der Waals surface area (Å²) in [6, 6.07) is -1.17. The monoisotopic (exact) mass is 323 g/mol. The Morgan fingerprint density at radius 2 is 1.85 bits per heavy atom. The third-order valence-corrected chi connectivity index (χ3v) is 3.02. The number of amides is 1. The Morgan fingerprint density at radius 1 is 1.25 bits per heavy atom. The Bertz CT molecular complexity index is 388. The number of hydrogen-bond acceptors (Lipinski definition) is 3. The number of halogens is 6. The predicted molar refractivity (Wildman–Crippen MR) is 57.7 cm³/mol. The lowest BCUT2D eigenvalue weighted by atomic mass is 10.1. The molecular formula is C10H11ClF5NO3. The molecular weight excluding hydrogens is 313 g/mol. The Morgan fingerprint density at radius 3 is 2.35 bits per heavy atom. The van der Waals surface area contributed by atoms with Gasteiger partial charge in [-0.2, -0.15) is 22.0 Å². The molecule has 0 spiro atoms. The van der Waals surface area contributed by atoms with Crippen molar-refractivity contribution in [2.24, 2.45) is 0 Å². The van der Waals surface area contributed by atoms with Crippen molar-refractivity contribution in [3.63, 3.8) is 0 Å². The summed E-state index contributed by atoms with van der Waals surface area (Å²) < 4.78 is 67.5. The average Bonchev–Trinajstić information content (AvgIpc) is 2.37. The van der Waals surface area contributed by atoms with Crippen molar-refractivity contribution >= 4 is 23.3 Å². The second-order valence-electron chi connectivity index (χ2n) is 4.18. The van der Waals surface area contributed by atoms with Crippen LogP contribution in [-0.4, -0.2) is 60.4 Å². The highest BCUT2D eigenvalue weighted by molar-refractivity contribution is 6.27. The highest BCUT2D eigenvalue weighted by atomic mass is 35.5. The molecule has 0 radical (unpaired) electrons. The summed E-state index contributed by atoms with van der Waals surface area (Å²) in [4.78, 5) is 22.9. The van der Waals surface area contributed by atoms with E-state index in [0.717, 1.165) is 0 Å². The van der Waals surface area contributed by atoms with Crippen molar-refractivity contribution in [3.05, 3.63) is 0 Å². The van der Waals surface area contributed by atoms with Crippen molar-refractivity contribution in [2.75, 3.05) is 25.6 Å². The zero-order valence-electron chi connectivity index (χ0n) is 10.1. The predicted octanol–water partition coefficient (Wildman–Crippen LogP) is 1.61. The van der Waals surface area contributed by atoms with Crippen LogP contribution in [0.1, 0.15) is 6.42 Å². The molecule has 1 heterocycles. The van der Waals surface area contributed by atoms with Crippen LogP contribution < -0.4 is 0 Å². The van der Waals surface area contributed by atoms with Crippen LogP contribution in [0.25, 0.3) is 0 Å². The number of carbonyl (C=O) groups excluding carboxylic acids is 2. The van der Waals surface area contributed by atoms with E-state index in [4.69, 9.17) is 16.3 Å².